The summed E-state index contributed by atoms with van der Waals surface area (Å²) in [6, 6.07) is 0.298. The van der Waals surface area contributed by atoms with Crippen molar-refractivity contribution in [1.29, 1.82) is 0 Å². The van der Waals surface area contributed by atoms with Crippen LogP contribution in [0.25, 0.3) is 0 Å². The number of carbonyl (C=O) groups is 1. The van der Waals surface area contributed by atoms with Gasteiger partial charge in [-0.3, -0.25) is 4.79 Å². The molecule has 0 aliphatic heterocycles. The minimum absolute atomic E-state index is 0.0657. The van der Waals surface area contributed by atoms with E-state index in [0.29, 0.717) is 32.0 Å². The van der Waals surface area contributed by atoms with Crippen LogP contribution in [0.4, 0.5) is 0 Å². The molecule has 1 amide bonds. The second-order valence-electron chi connectivity index (χ2n) is 4.24. The maximum atomic E-state index is 11.3. The Morgan fingerprint density at radius 2 is 1.87 bits per heavy atom. The zero-order valence-electron chi connectivity index (χ0n) is 10.3. The van der Waals surface area contributed by atoms with Crippen LogP contribution in [-0.2, 0) is 4.79 Å². The SMILES string of the molecule is CCC(O)(CC)CNC(=O)CNC(C)C. The van der Waals surface area contributed by atoms with Gasteiger partial charge >= 0.3 is 0 Å². The molecule has 0 aliphatic rings. The van der Waals surface area contributed by atoms with Crippen molar-refractivity contribution < 1.29 is 9.90 Å². The van der Waals surface area contributed by atoms with E-state index >= 15 is 0 Å². The van der Waals surface area contributed by atoms with Crippen LogP contribution in [0.2, 0.25) is 0 Å². The quantitative estimate of drug-likeness (QED) is 0.585. The molecule has 0 radical (unpaired) electrons. The first-order valence-corrected chi connectivity index (χ1v) is 5.66. The average Bonchev–Trinajstić information content (AvgIpc) is 2.23. The van der Waals surface area contributed by atoms with Gasteiger partial charge in [0.2, 0.25) is 5.91 Å². The maximum Gasteiger partial charge on any atom is 0.234 e. The van der Waals surface area contributed by atoms with E-state index in [2.05, 4.69) is 10.6 Å². The van der Waals surface area contributed by atoms with Gasteiger partial charge in [-0.2, -0.15) is 0 Å². The summed E-state index contributed by atoms with van der Waals surface area (Å²) in [6.45, 7) is 8.45. The third kappa shape index (κ3) is 6.47. The van der Waals surface area contributed by atoms with Crippen molar-refractivity contribution in [2.45, 2.75) is 52.2 Å². The predicted octanol–water partition coefficient (Wildman–Crippen LogP) is 0.652. The molecule has 3 N–H and O–H groups in total. The lowest BCUT2D eigenvalue weighted by Crippen LogP contribution is -2.45. The monoisotopic (exact) mass is 216 g/mol. The molecule has 0 unspecified atom stereocenters. The summed E-state index contributed by atoms with van der Waals surface area (Å²) < 4.78 is 0. The van der Waals surface area contributed by atoms with E-state index in [1.54, 1.807) is 0 Å². The van der Waals surface area contributed by atoms with E-state index in [4.69, 9.17) is 0 Å². The van der Waals surface area contributed by atoms with E-state index in [9.17, 15) is 9.90 Å². The highest BCUT2D eigenvalue weighted by Crippen LogP contribution is 2.12. The van der Waals surface area contributed by atoms with Crippen molar-refractivity contribution >= 4 is 5.91 Å². The lowest BCUT2D eigenvalue weighted by Gasteiger charge is -2.25. The van der Waals surface area contributed by atoms with E-state index in [0.717, 1.165) is 0 Å². The molecule has 0 aromatic rings. The van der Waals surface area contributed by atoms with E-state index in [-0.39, 0.29) is 5.91 Å². The molecule has 0 aromatic carbocycles. The van der Waals surface area contributed by atoms with Crippen LogP contribution >= 0.6 is 0 Å². The van der Waals surface area contributed by atoms with Gasteiger partial charge in [0.15, 0.2) is 0 Å². The predicted molar refractivity (Wildman–Crippen MR) is 61.7 cm³/mol. The number of carbonyl (C=O) groups excluding carboxylic acids is 1. The van der Waals surface area contributed by atoms with Crippen molar-refractivity contribution in [3.63, 3.8) is 0 Å². The van der Waals surface area contributed by atoms with Gasteiger partial charge in [-0.25, -0.2) is 0 Å². The molecule has 15 heavy (non-hydrogen) atoms. The Bertz CT molecular complexity index is 189. The molecule has 0 saturated carbocycles. The third-order valence-corrected chi connectivity index (χ3v) is 2.60. The van der Waals surface area contributed by atoms with Gasteiger partial charge in [-0.15, -0.1) is 0 Å². The van der Waals surface area contributed by atoms with Gasteiger partial charge in [-0.1, -0.05) is 27.7 Å². The van der Waals surface area contributed by atoms with E-state index in [1.165, 1.54) is 0 Å². The summed E-state index contributed by atoms with van der Waals surface area (Å²) in [6.07, 6.45) is 1.31. The average molecular weight is 216 g/mol. The number of nitrogens with one attached hydrogen (secondary N) is 2. The molecule has 4 heteroatoms. The van der Waals surface area contributed by atoms with Crippen molar-refractivity contribution in [3.8, 4) is 0 Å². The molecular weight excluding hydrogens is 192 g/mol. The Morgan fingerprint density at radius 1 is 1.33 bits per heavy atom. The summed E-state index contributed by atoms with van der Waals surface area (Å²) in [5.41, 5.74) is -0.756. The van der Waals surface area contributed by atoms with Crippen LogP contribution in [0, 0.1) is 0 Å². The molecule has 0 fully saturated rings. The van der Waals surface area contributed by atoms with Gasteiger partial charge in [0.25, 0.3) is 0 Å². The van der Waals surface area contributed by atoms with E-state index < -0.39 is 5.60 Å². The lowest BCUT2D eigenvalue weighted by atomic mass is 9.98. The first-order chi connectivity index (χ1) is 6.93. The summed E-state index contributed by atoms with van der Waals surface area (Å²) >= 11 is 0. The molecule has 0 saturated heterocycles. The molecule has 0 atom stereocenters. The highest BCUT2D eigenvalue weighted by molar-refractivity contribution is 5.78. The topological polar surface area (TPSA) is 61.4 Å². The van der Waals surface area contributed by atoms with Crippen molar-refractivity contribution in [2.75, 3.05) is 13.1 Å². The smallest absolute Gasteiger partial charge is 0.234 e. The lowest BCUT2D eigenvalue weighted by molar-refractivity contribution is -0.121. The zero-order valence-corrected chi connectivity index (χ0v) is 10.3. The highest BCUT2D eigenvalue weighted by Gasteiger charge is 2.22. The fraction of sp³-hybridized carbons (Fsp3) is 0.909. The number of hydrogen-bond donors (Lipinski definition) is 3. The summed E-state index contributed by atoms with van der Waals surface area (Å²) in [7, 11) is 0. The van der Waals surface area contributed by atoms with Crippen molar-refractivity contribution in [1.82, 2.24) is 10.6 Å². The highest BCUT2D eigenvalue weighted by atomic mass is 16.3. The second kappa shape index (κ2) is 6.80. The number of hydrogen-bond acceptors (Lipinski definition) is 3. The Balaban J connectivity index is 3.79. The molecular formula is C11H24N2O2. The van der Waals surface area contributed by atoms with Crippen molar-refractivity contribution in [2.24, 2.45) is 0 Å². The molecule has 0 aliphatic carbocycles. The number of rotatable bonds is 7. The van der Waals surface area contributed by atoms with Gasteiger partial charge in [0.05, 0.1) is 12.1 Å². The minimum atomic E-state index is -0.756. The van der Waals surface area contributed by atoms with E-state index in [1.807, 2.05) is 27.7 Å². The first-order valence-electron chi connectivity index (χ1n) is 5.66. The van der Waals surface area contributed by atoms with Crippen molar-refractivity contribution in [3.05, 3.63) is 0 Å². The standard InChI is InChI=1S/C11H24N2O2/c1-5-11(15,6-2)8-13-10(14)7-12-9(3)4/h9,12,15H,5-8H2,1-4H3,(H,13,14). The Morgan fingerprint density at radius 3 is 2.27 bits per heavy atom. The molecule has 0 spiro atoms. The van der Waals surface area contributed by atoms with Gasteiger partial charge < -0.3 is 15.7 Å². The van der Waals surface area contributed by atoms with Gasteiger partial charge in [0, 0.05) is 12.6 Å². The van der Waals surface area contributed by atoms with Gasteiger partial charge in [-0.05, 0) is 12.8 Å². The Labute approximate surface area is 92.4 Å². The molecule has 0 heterocycles. The number of aliphatic hydroxyl groups is 1. The summed E-state index contributed by atoms with van der Waals surface area (Å²) in [5, 5.41) is 15.7. The Kier molecular flexibility index (Phi) is 6.52. The molecule has 0 bridgehead atoms. The molecule has 0 aromatic heterocycles. The normalized spacial score (nSPS) is 11.9. The van der Waals surface area contributed by atoms with Crippen LogP contribution in [-0.4, -0.2) is 35.7 Å². The molecule has 90 valence electrons. The molecule has 4 nitrogen and oxygen atoms in total. The third-order valence-electron chi connectivity index (χ3n) is 2.60. The zero-order chi connectivity index (χ0) is 11.9. The fourth-order valence-corrected chi connectivity index (χ4v) is 1.12. The first kappa shape index (κ1) is 14.4. The van der Waals surface area contributed by atoms with Gasteiger partial charge in [0.1, 0.15) is 0 Å². The van der Waals surface area contributed by atoms with Crippen LogP contribution < -0.4 is 10.6 Å². The molecule has 0 rings (SSSR count). The van der Waals surface area contributed by atoms with Crippen LogP contribution in [0.1, 0.15) is 40.5 Å². The Hall–Kier alpha value is -0.610. The minimum Gasteiger partial charge on any atom is -0.388 e. The fourth-order valence-electron chi connectivity index (χ4n) is 1.12. The second-order valence-corrected chi connectivity index (χ2v) is 4.24. The summed E-state index contributed by atoms with van der Waals surface area (Å²) in [4.78, 5) is 11.3. The number of amides is 1. The summed E-state index contributed by atoms with van der Waals surface area (Å²) in [5.74, 6) is -0.0657. The maximum absolute atomic E-state index is 11.3. The van der Waals surface area contributed by atoms with Crippen LogP contribution in [0.3, 0.4) is 0 Å². The van der Waals surface area contributed by atoms with Crippen LogP contribution in [0.5, 0.6) is 0 Å². The largest absolute Gasteiger partial charge is 0.388 e. The van der Waals surface area contributed by atoms with Crippen LogP contribution in [0.15, 0.2) is 0 Å².